The number of allylic oxidation sites excluding steroid dienone is 1. The van der Waals surface area contributed by atoms with Crippen molar-refractivity contribution < 1.29 is 0 Å². The van der Waals surface area contributed by atoms with E-state index in [-0.39, 0.29) is 0 Å². The molecule has 0 N–H and O–H groups in total. The number of hydrogen-bond donors (Lipinski definition) is 0. The third-order valence-electron chi connectivity index (χ3n) is 7.22. The van der Waals surface area contributed by atoms with E-state index in [0.29, 0.717) is 19.0 Å². The van der Waals surface area contributed by atoms with Crippen molar-refractivity contribution in [2.75, 3.05) is 11.4 Å². The molecule has 0 aliphatic carbocycles. The Morgan fingerprint density at radius 2 is 1.66 bits per heavy atom. The van der Waals surface area contributed by atoms with Gasteiger partial charge in [-0.05, 0) is 43.0 Å². The molecule has 0 bridgehead atoms. The minimum Gasteiger partial charge on any atom is -0.306 e. The zero-order valence-electron chi connectivity index (χ0n) is 23.9. The van der Waals surface area contributed by atoms with Gasteiger partial charge in [-0.15, -0.1) is 0 Å². The molecule has 5 aromatic rings. The number of aliphatic imine (C=N–C) groups is 1. The van der Waals surface area contributed by atoms with Gasteiger partial charge in [-0.3, -0.25) is 4.99 Å². The van der Waals surface area contributed by atoms with E-state index < -0.39 is 0 Å². The fourth-order valence-electron chi connectivity index (χ4n) is 5.15. The number of rotatable bonds is 12. The third-order valence-corrected chi connectivity index (χ3v) is 7.22. The van der Waals surface area contributed by atoms with Crippen molar-refractivity contribution in [1.82, 2.24) is 14.5 Å². The Morgan fingerprint density at radius 3 is 2.41 bits per heavy atom. The van der Waals surface area contributed by atoms with Crippen molar-refractivity contribution in [3.05, 3.63) is 132 Å². The fraction of sp³-hybridized carbons (Fsp3) is 0.194. The number of aromatic nitrogens is 3. The zero-order chi connectivity index (χ0) is 28.4. The molecule has 41 heavy (non-hydrogen) atoms. The molecule has 5 heteroatoms. The molecule has 0 spiro atoms. The van der Waals surface area contributed by atoms with E-state index in [9.17, 15) is 0 Å². The lowest BCUT2D eigenvalue weighted by Crippen LogP contribution is -2.21. The maximum Gasteiger partial charge on any atom is 0.230 e. The van der Waals surface area contributed by atoms with Gasteiger partial charge in [0.25, 0.3) is 0 Å². The standard InChI is InChI=1S/C36H37N5/c1-4-7-18-29-19-12-14-21-33(29)40(23-8-5-2)36-38-25-30(26-39-36)41-34-22-15-13-20-32(34)31(6-3)35(41)27-37-24-28-16-10-9-11-17-28/h5-6,8-17,19-22,25-27H,3-4,7,18,23-24H2,1-2H3/b8-5-,37-27?. The monoisotopic (exact) mass is 539 g/mol. The smallest absolute Gasteiger partial charge is 0.230 e. The minimum absolute atomic E-state index is 0.603. The van der Waals surface area contributed by atoms with Gasteiger partial charge < -0.3 is 9.47 Å². The van der Waals surface area contributed by atoms with Crippen molar-refractivity contribution in [2.45, 2.75) is 39.7 Å². The van der Waals surface area contributed by atoms with Crippen molar-refractivity contribution in [3.8, 4) is 5.69 Å². The molecule has 2 heterocycles. The van der Waals surface area contributed by atoms with Gasteiger partial charge in [-0.2, -0.15) is 0 Å². The van der Waals surface area contributed by atoms with E-state index in [4.69, 9.17) is 15.0 Å². The van der Waals surface area contributed by atoms with Crippen LogP contribution in [0.15, 0.2) is 115 Å². The predicted molar refractivity (Wildman–Crippen MR) is 174 cm³/mol. The lowest BCUT2D eigenvalue weighted by Gasteiger charge is -2.24. The summed E-state index contributed by atoms with van der Waals surface area (Å²) in [7, 11) is 0. The molecule has 0 saturated heterocycles. The van der Waals surface area contributed by atoms with Crippen LogP contribution in [0.2, 0.25) is 0 Å². The molecule has 0 atom stereocenters. The number of unbranched alkanes of at least 4 members (excludes halogenated alkanes) is 1. The largest absolute Gasteiger partial charge is 0.306 e. The molecule has 206 valence electrons. The van der Waals surface area contributed by atoms with E-state index >= 15 is 0 Å². The van der Waals surface area contributed by atoms with Gasteiger partial charge in [-0.1, -0.05) is 105 Å². The van der Waals surface area contributed by atoms with Gasteiger partial charge in [-0.25, -0.2) is 9.97 Å². The van der Waals surface area contributed by atoms with Gasteiger partial charge in [0.15, 0.2) is 0 Å². The van der Waals surface area contributed by atoms with Crippen molar-refractivity contribution in [2.24, 2.45) is 4.99 Å². The quantitative estimate of drug-likeness (QED) is 0.118. The van der Waals surface area contributed by atoms with Gasteiger partial charge in [0.05, 0.1) is 35.8 Å². The number of anilines is 2. The van der Waals surface area contributed by atoms with E-state index in [1.54, 1.807) is 0 Å². The number of benzene rings is 3. The molecular weight excluding hydrogens is 502 g/mol. The Kier molecular flexibility index (Phi) is 9.17. The second-order valence-electron chi connectivity index (χ2n) is 9.96. The molecular formula is C36H37N5. The van der Waals surface area contributed by atoms with Crippen LogP contribution in [0.1, 0.15) is 49.1 Å². The maximum absolute atomic E-state index is 4.91. The topological polar surface area (TPSA) is 46.3 Å². The molecule has 0 saturated carbocycles. The van der Waals surface area contributed by atoms with Crippen LogP contribution >= 0.6 is 0 Å². The molecule has 0 aliphatic rings. The molecule has 0 fully saturated rings. The fourth-order valence-corrected chi connectivity index (χ4v) is 5.15. The SMILES string of the molecule is C=Cc1c(C=NCc2ccccc2)n(-c2cnc(N(C/C=C\C)c3ccccc3CCCC)nc2)c2ccccc12. The van der Waals surface area contributed by atoms with Crippen LogP contribution in [-0.4, -0.2) is 27.3 Å². The number of para-hydroxylation sites is 2. The summed E-state index contributed by atoms with van der Waals surface area (Å²) in [5.41, 5.74) is 7.58. The molecule has 0 aliphatic heterocycles. The first-order chi connectivity index (χ1) is 20.2. The number of hydrogen-bond acceptors (Lipinski definition) is 4. The molecule has 3 aromatic carbocycles. The Hall–Kier alpha value is -4.77. The predicted octanol–water partition coefficient (Wildman–Crippen LogP) is 8.74. The van der Waals surface area contributed by atoms with Gasteiger partial charge in [0.2, 0.25) is 5.95 Å². The summed E-state index contributed by atoms with van der Waals surface area (Å²) in [5, 5.41) is 1.12. The summed E-state index contributed by atoms with van der Waals surface area (Å²) in [5.74, 6) is 0.676. The van der Waals surface area contributed by atoms with E-state index in [0.717, 1.165) is 52.8 Å². The highest BCUT2D eigenvalue weighted by Crippen LogP contribution is 2.31. The third kappa shape index (κ3) is 6.20. The Bertz CT molecular complexity index is 1650. The van der Waals surface area contributed by atoms with Crippen molar-refractivity contribution in [1.29, 1.82) is 0 Å². The highest BCUT2D eigenvalue weighted by molar-refractivity contribution is 6.00. The van der Waals surface area contributed by atoms with Crippen LogP contribution in [0, 0.1) is 0 Å². The summed E-state index contributed by atoms with van der Waals surface area (Å²) in [6.07, 6.45) is 15.2. The maximum atomic E-state index is 4.91. The molecule has 0 radical (unpaired) electrons. The summed E-state index contributed by atoms with van der Waals surface area (Å²) < 4.78 is 2.18. The van der Waals surface area contributed by atoms with Crippen LogP contribution in [-0.2, 0) is 13.0 Å². The lowest BCUT2D eigenvalue weighted by molar-refractivity contribution is 0.792. The average Bonchev–Trinajstić information content (AvgIpc) is 3.34. The molecule has 0 unspecified atom stereocenters. The Morgan fingerprint density at radius 1 is 0.927 bits per heavy atom. The number of aryl methyl sites for hydroxylation is 1. The first-order valence-electron chi connectivity index (χ1n) is 14.3. The summed E-state index contributed by atoms with van der Waals surface area (Å²) in [4.78, 5) is 16.8. The summed E-state index contributed by atoms with van der Waals surface area (Å²) in [6.45, 7) is 9.69. The Balaban J connectivity index is 1.55. The van der Waals surface area contributed by atoms with Crippen molar-refractivity contribution in [3.63, 3.8) is 0 Å². The Labute approximate surface area is 243 Å². The number of fused-ring (bicyclic) bond motifs is 1. The van der Waals surface area contributed by atoms with Crippen LogP contribution in [0.4, 0.5) is 11.6 Å². The highest BCUT2D eigenvalue weighted by atomic mass is 15.3. The second-order valence-corrected chi connectivity index (χ2v) is 9.96. The van der Waals surface area contributed by atoms with Gasteiger partial charge >= 0.3 is 0 Å². The summed E-state index contributed by atoms with van der Waals surface area (Å²) in [6, 6.07) is 27.2. The van der Waals surface area contributed by atoms with E-state index in [2.05, 4.69) is 95.8 Å². The van der Waals surface area contributed by atoms with Crippen LogP contribution in [0.5, 0.6) is 0 Å². The minimum atomic E-state index is 0.603. The van der Waals surface area contributed by atoms with E-state index in [1.807, 2.05) is 49.8 Å². The zero-order valence-corrected chi connectivity index (χ0v) is 23.9. The number of nitrogens with zero attached hydrogens (tertiary/aromatic N) is 5. The van der Waals surface area contributed by atoms with Crippen molar-refractivity contribution >= 4 is 34.8 Å². The molecule has 5 rings (SSSR count). The first kappa shape index (κ1) is 27.8. The normalized spacial score (nSPS) is 11.6. The molecule has 0 amide bonds. The summed E-state index contributed by atoms with van der Waals surface area (Å²) >= 11 is 0. The van der Waals surface area contributed by atoms with Gasteiger partial charge in [0.1, 0.15) is 0 Å². The van der Waals surface area contributed by atoms with Gasteiger partial charge in [0, 0.05) is 29.4 Å². The van der Waals surface area contributed by atoms with Crippen LogP contribution in [0.25, 0.3) is 22.7 Å². The van der Waals surface area contributed by atoms with E-state index in [1.165, 1.54) is 11.1 Å². The highest BCUT2D eigenvalue weighted by Gasteiger charge is 2.18. The average molecular weight is 540 g/mol. The van der Waals surface area contributed by atoms with Crippen LogP contribution < -0.4 is 4.90 Å². The van der Waals surface area contributed by atoms with Crippen LogP contribution in [0.3, 0.4) is 0 Å². The molecule has 5 nitrogen and oxygen atoms in total. The molecule has 2 aromatic heterocycles. The first-order valence-corrected chi connectivity index (χ1v) is 14.3. The lowest BCUT2D eigenvalue weighted by atomic mass is 10.1. The second kappa shape index (κ2) is 13.5.